The molecule has 1 saturated heterocycles. The average molecular weight is 337 g/mol. The van der Waals surface area contributed by atoms with Crippen LogP contribution in [0.1, 0.15) is 28.8 Å². The molecule has 1 aromatic heterocycles. The first-order valence-corrected chi connectivity index (χ1v) is 8.16. The van der Waals surface area contributed by atoms with Gasteiger partial charge in [0.15, 0.2) is 5.82 Å². The predicted octanol–water partition coefficient (Wildman–Crippen LogP) is 1.05. The van der Waals surface area contributed by atoms with Crippen LogP contribution in [0.3, 0.4) is 0 Å². The number of anilines is 1. The third-order valence-electron chi connectivity index (χ3n) is 4.31. The smallest absolute Gasteiger partial charge is 0.293 e. The highest BCUT2D eigenvalue weighted by Gasteiger charge is 2.24. The zero-order chi connectivity index (χ0) is 17.8. The molecule has 1 N–H and O–H groups in total. The molecule has 25 heavy (non-hydrogen) atoms. The fourth-order valence-corrected chi connectivity index (χ4v) is 2.99. The number of piperidine rings is 1. The molecule has 1 aromatic carbocycles. The number of hydrogen-bond acceptors (Lipinski definition) is 5. The Morgan fingerprint density at radius 1 is 1.44 bits per heavy atom. The number of aryl methyl sites for hydroxylation is 1. The summed E-state index contributed by atoms with van der Waals surface area (Å²) in [5.74, 6) is 0.202. The third kappa shape index (κ3) is 3.69. The Hall–Kier alpha value is -3.14. The number of rotatable bonds is 3. The van der Waals surface area contributed by atoms with Crippen LogP contribution < -0.4 is 15.8 Å². The van der Waals surface area contributed by atoms with Crippen molar-refractivity contribution in [3.63, 3.8) is 0 Å². The van der Waals surface area contributed by atoms with Crippen LogP contribution in [-0.2, 0) is 7.05 Å². The average Bonchev–Trinajstić information content (AvgIpc) is 2.64. The number of nitrogens with zero attached hydrogens (tertiary/aromatic N) is 4. The van der Waals surface area contributed by atoms with Crippen LogP contribution in [0, 0.1) is 11.3 Å². The topological polar surface area (TPSA) is 91.0 Å². The summed E-state index contributed by atoms with van der Waals surface area (Å²) in [7, 11) is 1.69. The molecule has 2 aromatic rings. The molecule has 1 aliphatic heterocycles. The number of hydrogen-bond donors (Lipinski definition) is 1. The summed E-state index contributed by atoms with van der Waals surface area (Å²) in [4.78, 5) is 30.8. The van der Waals surface area contributed by atoms with Crippen LogP contribution in [0.4, 0.5) is 5.82 Å². The van der Waals surface area contributed by atoms with Crippen LogP contribution in [-0.4, -0.2) is 34.6 Å². The Balaban J connectivity index is 1.71. The summed E-state index contributed by atoms with van der Waals surface area (Å²) in [6, 6.07) is 8.58. The van der Waals surface area contributed by atoms with Crippen LogP contribution in [0.25, 0.3) is 0 Å². The van der Waals surface area contributed by atoms with E-state index in [0.717, 1.165) is 19.4 Å². The van der Waals surface area contributed by atoms with Crippen molar-refractivity contribution in [2.75, 3.05) is 18.0 Å². The summed E-state index contributed by atoms with van der Waals surface area (Å²) in [6.45, 7) is 1.28. The van der Waals surface area contributed by atoms with Gasteiger partial charge in [-0.3, -0.25) is 9.59 Å². The second-order valence-corrected chi connectivity index (χ2v) is 6.12. The first-order chi connectivity index (χ1) is 12.1. The minimum Gasteiger partial charge on any atom is -0.350 e. The second kappa shape index (κ2) is 7.18. The molecule has 1 aliphatic rings. The van der Waals surface area contributed by atoms with Gasteiger partial charge in [-0.15, -0.1) is 0 Å². The highest BCUT2D eigenvalue weighted by molar-refractivity contribution is 5.94. The van der Waals surface area contributed by atoms with Crippen molar-refractivity contribution in [3.8, 4) is 6.07 Å². The van der Waals surface area contributed by atoms with Gasteiger partial charge < -0.3 is 14.8 Å². The summed E-state index contributed by atoms with van der Waals surface area (Å²) in [6.07, 6.45) is 4.93. The molecule has 1 amide bonds. The zero-order valence-electron chi connectivity index (χ0n) is 14.0. The molecule has 0 saturated carbocycles. The Labute approximate surface area is 145 Å². The molecule has 3 rings (SSSR count). The Morgan fingerprint density at radius 2 is 2.28 bits per heavy atom. The Morgan fingerprint density at radius 3 is 3.08 bits per heavy atom. The van der Waals surface area contributed by atoms with Crippen LogP contribution >= 0.6 is 0 Å². The van der Waals surface area contributed by atoms with Gasteiger partial charge >= 0.3 is 0 Å². The standard InChI is InChI=1S/C18H19N5O2/c1-22-9-7-20-16(18(22)25)23-8-3-6-15(12-23)21-17(24)14-5-2-4-13(10-14)11-19/h2,4-5,7,9-10,15H,3,6,8,12H2,1H3,(H,21,24)/t15-/m0/s1. The van der Waals surface area contributed by atoms with E-state index in [-0.39, 0.29) is 17.5 Å². The summed E-state index contributed by atoms with van der Waals surface area (Å²) in [5.41, 5.74) is 0.774. The lowest BCUT2D eigenvalue weighted by Gasteiger charge is -2.33. The summed E-state index contributed by atoms with van der Waals surface area (Å²) < 4.78 is 1.50. The Bertz CT molecular complexity index is 884. The summed E-state index contributed by atoms with van der Waals surface area (Å²) >= 11 is 0. The van der Waals surface area contributed by atoms with Gasteiger partial charge in [0.25, 0.3) is 11.5 Å². The van der Waals surface area contributed by atoms with Crippen molar-refractivity contribution < 1.29 is 4.79 Å². The number of carbonyl (C=O) groups excluding carboxylic acids is 1. The molecule has 0 radical (unpaired) electrons. The number of aromatic nitrogens is 2. The van der Waals surface area contributed by atoms with Crippen LogP contribution in [0.5, 0.6) is 0 Å². The quantitative estimate of drug-likeness (QED) is 0.904. The molecule has 0 unspecified atom stereocenters. The Kier molecular flexibility index (Phi) is 4.80. The van der Waals surface area contributed by atoms with Gasteiger partial charge in [-0.05, 0) is 31.0 Å². The molecule has 0 bridgehead atoms. The second-order valence-electron chi connectivity index (χ2n) is 6.12. The maximum absolute atomic E-state index is 12.4. The number of benzene rings is 1. The third-order valence-corrected chi connectivity index (χ3v) is 4.31. The van der Waals surface area contributed by atoms with E-state index in [1.54, 1.807) is 43.7 Å². The minimum atomic E-state index is -0.210. The molecular formula is C18H19N5O2. The van der Waals surface area contributed by atoms with E-state index in [1.807, 2.05) is 11.0 Å². The maximum Gasteiger partial charge on any atom is 0.293 e. The van der Waals surface area contributed by atoms with Crippen LogP contribution in [0.2, 0.25) is 0 Å². The molecule has 0 aliphatic carbocycles. The lowest BCUT2D eigenvalue weighted by Crippen LogP contribution is -2.49. The zero-order valence-corrected chi connectivity index (χ0v) is 14.0. The van der Waals surface area contributed by atoms with Gasteiger partial charge in [-0.2, -0.15) is 5.26 Å². The van der Waals surface area contributed by atoms with Crippen molar-refractivity contribution in [2.24, 2.45) is 7.05 Å². The fraction of sp³-hybridized carbons (Fsp3) is 0.333. The highest BCUT2D eigenvalue weighted by Crippen LogP contribution is 2.15. The number of carbonyl (C=O) groups is 1. The van der Waals surface area contributed by atoms with Crippen molar-refractivity contribution >= 4 is 11.7 Å². The van der Waals surface area contributed by atoms with Crippen molar-refractivity contribution in [3.05, 3.63) is 58.1 Å². The van der Waals surface area contributed by atoms with E-state index in [2.05, 4.69) is 10.3 Å². The van der Waals surface area contributed by atoms with Gasteiger partial charge in [0, 0.05) is 44.1 Å². The van der Waals surface area contributed by atoms with E-state index in [0.29, 0.717) is 23.5 Å². The number of nitrogens with one attached hydrogen (secondary N) is 1. The van der Waals surface area contributed by atoms with Crippen LogP contribution in [0.15, 0.2) is 41.5 Å². The maximum atomic E-state index is 12.4. The van der Waals surface area contributed by atoms with Crippen molar-refractivity contribution in [1.82, 2.24) is 14.9 Å². The largest absolute Gasteiger partial charge is 0.350 e. The normalized spacial score (nSPS) is 17.0. The molecule has 128 valence electrons. The number of nitriles is 1. The lowest BCUT2D eigenvalue weighted by molar-refractivity contribution is 0.0933. The molecule has 0 spiro atoms. The van der Waals surface area contributed by atoms with E-state index < -0.39 is 0 Å². The molecule has 1 atom stereocenters. The monoisotopic (exact) mass is 337 g/mol. The first-order valence-electron chi connectivity index (χ1n) is 8.16. The minimum absolute atomic E-state index is 0.0706. The molecular weight excluding hydrogens is 318 g/mol. The van der Waals surface area contributed by atoms with Crippen molar-refractivity contribution in [1.29, 1.82) is 5.26 Å². The van der Waals surface area contributed by atoms with Gasteiger partial charge in [-0.1, -0.05) is 6.07 Å². The SMILES string of the molecule is Cn1ccnc(N2CCC[C@H](NC(=O)c3cccc(C#N)c3)C2)c1=O. The molecule has 2 heterocycles. The molecule has 7 nitrogen and oxygen atoms in total. The summed E-state index contributed by atoms with van der Waals surface area (Å²) in [5, 5.41) is 11.9. The van der Waals surface area contributed by atoms with Crippen molar-refractivity contribution in [2.45, 2.75) is 18.9 Å². The van der Waals surface area contributed by atoms with Gasteiger partial charge in [0.05, 0.1) is 11.6 Å². The first kappa shape index (κ1) is 16.7. The van der Waals surface area contributed by atoms with E-state index in [1.165, 1.54) is 4.57 Å². The highest BCUT2D eigenvalue weighted by atomic mass is 16.2. The van der Waals surface area contributed by atoms with E-state index >= 15 is 0 Å². The van der Waals surface area contributed by atoms with Gasteiger partial charge in [0.1, 0.15) is 0 Å². The van der Waals surface area contributed by atoms with Gasteiger partial charge in [0.2, 0.25) is 0 Å². The molecule has 7 heteroatoms. The fourth-order valence-electron chi connectivity index (χ4n) is 2.99. The number of amides is 1. The predicted molar refractivity (Wildman–Crippen MR) is 93.3 cm³/mol. The molecule has 1 fully saturated rings. The van der Waals surface area contributed by atoms with Gasteiger partial charge in [-0.25, -0.2) is 4.98 Å². The van der Waals surface area contributed by atoms with E-state index in [4.69, 9.17) is 5.26 Å². The van der Waals surface area contributed by atoms with E-state index in [9.17, 15) is 9.59 Å². The lowest BCUT2D eigenvalue weighted by atomic mass is 10.0.